The molecule has 3 N–H and O–H groups in total. The number of carbonyl (C=O) groups is 3. The first-order valence-corrected chi connectivity index (χ1v) is 9.78. The van der Waals surface area contributed by atoms with Crippen LogP contribution in [0.5, 0.6) is 0 Å². The maximum absolute atomic E-state index is 12.8. The van der Waals surface area contributed by atoms with Gasteiger partial charge in [-0.15, -0.1) is 0 Å². The first kappa shape index (κ1) is 19.6. The monoisotopic (exact) mass is 403 g/mol. The van der Waals surface area contributed by atoms with Crippen LogP contribution in [0, 0.1) is 11.3 Å². The summed E-state index contributed by atoms with van der Waals surface area (Å²) in [5.74, 6) is -0.687. The van der Waals surface area contributed by atoms with Crippen LogP contribution in [0.4, 0.5) is 5.82 Å². The van der Waals surface area contributed by atoms with E-state index in [0.717, 1.165) is 16.7 Å². The molecule has 152 valence electrons. The van der Waals surface area contributed by atoms with E-state index in [1.807, 2.05) is 26.0 Å². The Hall–Kier alpha value is -3.73. The van der Waals surface area contributed by atoms with E-state index < -0.39 is 11.9 Å². The highest BCUT2D eigenvalue weighted by Crippen LogP contribution is 2.33. The van der Waals surface area contributed by atoms with Gasteiger partial charge < -0.3 is 10.6 Å². The minimum absolute atomic E-state index is 0.0997. The van der Waals surface area contributed by atoms with Gasteiger partial charge in [-0.1, -0.05) is 19.9 Å². The Kier molecular flexibility index (Phi) is 4.74. The highest BCUT2D eigenvalue weighted by atomic mass is 16.2. The molecule has 0 spiro atoms. The molecule has 8 heteroatoms. The predicted octanol–water partition coefficient (Wildman–Crippen LogP) is 2.09. The van der Waals surface area contributed by atoms with Crippen molar-refractivity contribution < 1.29 is 14.4 Å². The number of aromatic nitrogens is 1. The smallest absolute Gasteiger partial charge is 0.255 e. The van der Waals surface area contributed by atoms with E-state index in [1.165, 1.54) is 4.90 Å². The topological polar surface area (TPSA) is 129 Å². The molecule has 0 radical (unpaired) electrons. The summed E-state index contributed by atoms with van der Waals surface area (Å²) in [5.41, 5.74) is 9.96. The lowest BCUT2D eigenvalue weighted by atomic mass is 9.95. The van der Waals surface area contributed by atoms with Crippen LogP contribution in [0.2, 0.25) is 0 Å². The van der Waals surface area contributed by atoms with Crippen LogP contribution < -0.4 is 11.1 Å². The zero-order valence-corrected chi connectivity index (χ0v) is 16.7. The Bertz CT molecular complexity index is 1130. The van der Waals surface area contributed by atoms with Gasteiger partial charge in [-0.3, -0.25) is 19.7 Å². The van der Waals surface area contributed by atoms with Gasteiger partial charge in [0.2, 0.25) is 11.8 Å². The molecule has 1 unspecified atom stereocenters. The summed E-state index contributed by atoms with van der Waals surface area (Å²) in [6, 6.07) is 8.72. The normalized spacial score (nSPS) is 18.4. The molecule has 0 saturated carbocycles. The van der Waals surface area contributed by atoms with Crippen molar-refractivity contribution in [2.24, 2.45) is 0 Å². The standard InChI is InChI=1S/C22H21N5O3/c1-11(2)15-8-17(25-20(24)16(15)9-23)12-3-4-14-13(7-12)10-27(22(14)30)18-5-6-19(28)26-21(18)29/h3-4,7-8,11,18H,5-6,10H2,1-2H3,(H2,24,25)(H,26,28,29). The summed E-state index contributed by atoms with van der Waals surface area (Å²) in [5, 5.41) is 11.7. The molecule has 1 aromatic carbocycles. The fourth-order valence-electron chi connectivity index (χ4n) is 4.04. The molecule has 2 aromatic rings. The van der Waals surface area contributed by atoms with Gasteiger partial charge in [0, 0.05) is 24.1 Å². The van der Waals surface area contributed by atoms with Gasteiger partial charge in [0.05, 0.1) is 11.3 Å². The van der Waals surface area contributed by atoms with Gasteiger partial charge >= 0.3 is 0 Å². The van der Waals surface area contributed by atoms with E-state index in [1.54, 1.807) is 12.1 Å². The third-order valence-electron chi connectivity index (χ3n) is 5.63. The number of anilines is 1. The van der Waals surface area contributed by atoms with Gasteiger partial charge in [0.25, 0.3) is 5.91 Å². The number of nitrogens with one attached hydrogen (secondary N) is 1. The van der Waals surface area contributed by atoms with E-state index in [2.05, 4.69) is 16.4 Å². The van der Waals surface area contributed by atoms with Gasteiger partial charge in [0.15, 0.2) is 0 Å². The first-order chi connectivity index (χ1) is 14.3. The number of rotatable bonds is 3. The van der Waals surface area contributed by atoms with Crippen molar-refractivity contribution in [2.45, 2.75) is 45.2 Å². The quantitative estimate of drug-likeness (QED) is 0.755. The van der Waals surface area contributed by atoms with Gasteiger partial charge in [-0.2, -0.15) is 5.26 Å². The summed E-state index contributed by atoms with van der Waals surface area (Å²) in [6.07, 6.45) is 0.539. The molecular formula is C22H21N5O3. The fourth-order valence-corrected chi connectivity index (χ4v) is 4.04. The number of hydrogen-bond acceptors (Lipinski definition) is 6. The molecule has 0 bridgehead atoms. The Morgan fingerprint density at radius 2 is 2.03 bits per heavy atom. The highest BCUT2D eigenvalue weighted by molar-refractivity contribution is 6.05. The molecule has 4 rings (SSSR count). The van der Waals surface area contributed by atoms with Crippen molar-refractivity contribution in [1.82, 2.24) is 15.2 Å². The van der Waals surface area contributed by atoms with Crippen LogP contribution in [0.15, 0.2) is 24.3 Å². The third kappa shape index (κ3) is 3.18. The van der Waals surface area contributed by atoms with E-state index in [-0.39, 0.29) is 36.5 Å². The van der Waals surface area contributed by atoms with Crippen LogP contribution in [0.3, 0.4) is 0 Å². The van der Waals surface area contributed by atoms with Gasteiger partial charge in [-0.05, 0) is 41.7 Å². The fraction of sp³-hybridized carbons (Fsp3) is 0.318. The number of nitrogens with zero attached hydrogens (tertiary/aromatic N) is 3. The second-order valence-electron chi connectivity index (χ2n) is 7.90. The number of benzene rings is 1. The van der Waals surface area contributed by atoms with E-state index in [0.29, 0.717) is 23.2 Å². The maximum Gasteiger partial charge on any atom is 0.255 e. The van der Waals surface area contributed by atoms with Crippen molar-refractivity contribution in [3.8, 4) is 17.3 Å². The lowest BCUT2D eigenvalue weighted by Gasteiger charge is -2.29. The van der Waals surface area contributed by atoms with Crippen molar-refractivity contribution in [2.75, 3.05) is 5.73 Å². The summed E-state index contributed by atoms with van der Waals surface area (Å²) < 4.78 is 0. The lowest BCUT2D eigenvalue weighted by molar-refractivity contribution is -0.136. The SMILES string of the molecule is CC(C)c1cc(-c2ccc3c(c2)CN(C2CCC(=O)NC2=O)C3=O)nc(N)c1C#N. The number of carbonyl (C=O) groups excluding carboxylic acids is 3. The van der Waals surface area contributed by atoms with Crippen LogP contribution in [0.1, 0.15) is 59.7 Å². The van der Waals surface area contributed by atoms with Crippen LogP contribution in [0.25, 0.3) is 11.3 Å². The van der Waals surface area contributed by atoms with Crippen LogP contribution >= 0.6 is 0 Å². The average molecular weight is 403 g/mol. The molecule has 8 nitrogen and oxygen atoms in total. The van der Waals surface area contributed by atoms with Crippen molar-refractivity contribution >= 4 is 23.5 Å². The number of pyridine rings is 1. The second-order valence-corrected chi connectivity index (χ2v) is 7.90. The number of nitrogen functional groups attached to an aromatic ring is 1. The van der Waals surface area contributed by atoms with E-state index >= 15 is 0 Å². The summed E-state index contributed by atoms with van der Waals surface area (Å²) >= 11 is 0. The molecule has 30 heavy (non-hydrogen) atoms. The number of piperidine rings is 1. The molecule has 1 atom stereocenters. The number of nitriles is 1. The van der Waals surface area contributed by atoms with Crippen molar-refractivity contribution in [1.29, 1.82) is 5.26 Å². The molecule has 2 aliphatic heterocycles. The molecule has 1 saturated heterocycles. The van der Waals surface area contributed by atoms with E-state index in [9.17, 15) is 19.6 Å². The Labute approximate surface area is 173 Å². The number of imide groups is 1. The molecule has 0 aliphatic carbocycles. The maximum atomic E-state index is 12.8. The van der Waals surface area contributed by atoms with Crippen LogP contribution in [-0.4, -0.2) is 33.6 Å². The van der Waals surface area contributed by atoms with Gasteiger partial charge in [-0.25, -0.2) is 4.98 Å². The minimum Gasteiger partial charge on any atom is -0.383 e. The molecular weight excluding hydrogens is 382 g/mol. The zero-order valence-electron chi connectivity index (χ0n) is 16.7. The first-order valence-electron chi connectivity index (χ1n) is 9.78. The minimum atomic E-state index is -0.651. The van der Waals surface area contributed by atoms with Gasteiger partial charge in [0.1, 0.15) is 17.9 Å². The predicted molar refractivity (Wildman–Crippen MR) is 109 cm³/mol. The largest absolute Gasteiger partial charge is 0.383 e. The second kappa shape index (κ2) is 7.26. The summed E-state index contributed by atoms with van der Waals surface area (Å²) in [7, 11) is 0. The third-order valence-corrected chi connectivity index (χ3v) is 5.63. The van der Waals surface area contributed by atoms with Crippen molar-refractivity contribution in [3.05, 3.63) is 46.5 Å². The molecule has 3 amide bonds. The number of amides is 3. The van der Waals surface area contributed by atoms with Crippen LogP contribution in [-0.2, 0) is 16.1 Å². The Balaban J connectivity index is 1.68. The number of nitrogens with two attached hydrogens (primary N) is 1. The number of fused-ring (bicyclic) bond motifs is 1. The van der Waals surface area contributed by atoms with Crippen molar-refractivity contribution in [3.63, 3.8) is 0 Å². The highest BCUT2D eigenvalue weighted by Gasteiger charge is 2.39. The molecule has 1 fully saturated rings. The average Bonchev–Trinajstić information content (AvgIpc) is 3.03. The summed E-state index contributed by atoms with van der Waals surface area (Å²) in [6.45, 7) is 4.26. The van der Waals surface area contributed by atoms with E-state index in [4.69, 9.17) is 5.73 Å². The Morgan fingerprint density at radius 1 is 1.27 bits per heavy atom. The molecule has 3 heterocycles. The number of hydrogen-bond donors (Lipinski definition) is 2. The zero-order chi connectivity index (χ0) is 21.6. The molecule has 2 aliphatic rings. The summed E-state index contributed by atoms with van der Waals surface area (Å²) in [4.78, 5) is 42.3. The lowest BCUT2D eigenvalue weighted by Crippen LogP contribution is -2.52. The molecule has 1 aromatic heterocycles. The Morgan fingerprint density at radius 3 is 2.70 bits per heavy atom.